The van der Waals surface area contributed by atoms with Crippen molar-refractivity contribution in [3.05, 3.63) is 51.2 Å². The second-order valence-electron chi connectivity index (χ2n) is 5.91. The average Bonchev–Trinajstić information content (AvgIpc) is 3.02. The Morgan fingerprint density at radius 2 is 2.10 bits per heavy atom. The first-order valence-electron chi connectivity index (χ1n) is 7.11. The fraction of sp³-hybridized carbons (Fsp3) is 0.353. The molecule has 1 aromatic heterocycles. The van der Waals surface area contributed by atoms with E-state index in [1.807, 2.05) is 26.0 Å². The molecule has 2 heterocycles. The van der Waals surface area contributed by atoms with Crippen molar-refractivity contribution in [2.75, 3.05) is 5.32 Å². The molecular weight excluding hydrogens is 302 g/mol. The lowest BCUT2D eigenvalue weighted by Crippen LogP contribution is -2.26. The van der Waals surface area contributed by atoms with Crippen molar-refractivity contribution in [3.8, 4) is 0 Å². The molecule has 0 saturated carbocycles. The quantitative estimate of drug-likeness (QED) is 0.803. The number of nitrogens with one attached hydrogen (secondary N) is 1. The molecular formula is C17H18ClNOS. The molecule has 1 aliphatic heterocycles. The molecule has 0 saturated heterocycles. The topological polar surface area (TPSA) is 29.1 Å². The van der Waals surface area contributed by atoms with Crippen molar-refractivity contribution < 1.29 is 4.79 Å². The van der Waals surface area contributed by atoms with Gasteiger partial charge in [-0.3, -0.25) is 4.79 Å². The van der Waals surface area contributed by atoms with E-state index >= 15 is 0 Å². The smallest absolute Gasteiger partial charge is 0.234 e. The lowest BCUT2D eigenvalue weighted by molar-refractivity contribution is -0.119. The zero-order valence-electron chi connectivity index (χ0n) is 12.4. The molecule has 1 unspecified atom stereocenters. The summed E-state index contributed by atoms with van der Waals surface area (Å²) in [5, 5.41) is 4.87. The zero-order valence-corrected chi connectivity index (χ0v) is 13.9. The maximum Gasteiger partial charge on any atom is 0.234 e. The molecule has 1 N–H and O–H groups in total. The van der Waals surface area contributed by atoms with Crippen LogP contribution in [0.15, 0.2) is 29.6 Å². The van der Waals surface area contributed by atoms with Crippen LogP contribution in [-0.4, -0.2) is 5.91 Å². The predicted octanol–water partition coefficient (Wildman–Crippen LogP) is 4.87. The first-order valence-corrected chi connectivity index (χ1v) is 8.43. The van der Waals surface area contributed by atoms with E-state index in [0.29, 0.717) is 0 Å². The van der Waals surface area contributed by atoms with Crippen LogP contribution in [0, 0.1) is 0 Å². The number of fused-ring (bicyclic) bond motifs is 1. The Bertz CT molecular complexity index is 705. The number of amides is 1. The van der Waals surface area contributed by atoms with Crippen molar-refractivity contribution in [2.45, 2.75) is 38.0 Å². The molecule has 4 heteroatoms. The van der Waals surface area contributed by atoms with Gasteiger partial charge in [0.05, 0.1) is 10.8 Å². The van der Waals surface area contributed by atoms with E-state index in [9.17, 15) is 4.79 Å². The number of carbonyl (C=O) groups is 1. The highest BCUT2D eigenvalue weighted by molar-refractivity contribution is 7.10. The number of hydrogen-bond acceptors (Lipinski definition) is 2. The number of carbonyl (C=O) groups excluding carboxylic acids is 1. The van der Waals surface area contributed by atoms with Gasteiger partial charge in [-0.1, -0.05) is 19.1 Å². The van der Waals surface area contributed by atoms with Crippen LogP contribution in [0.4, 0.5) is 5.69 Å². The molecule has 1 aliphatic rings. The highest BCUT2D eigenvalue weighted by atomic mass is 35.5. The number of thiophene rings is 1. The molecule has 0 bridgehead atoms. The number of hydrogen-bond donors (Lipinski definition) is 1. The summed E-state index contributed by atoms with van der Waals surface area (Å²) >= 11 is 8.39. The molecule has 0 fully saturated rings. The predicted molar refractivity (Wildman–Crippen MR) is 89.5 cm³/mol. The van der Waals surface area contributed by atoms with Crippen molar-refractivity contribution in [1.29, 1.82) is 0 Å². The Morgan fingerprint density at radius 1 is 1.33 bits per heavy atom. The molecule has 2 aromatic rings. The van der Waals surface area contributed by atoms with Gasteiger partial charge in [0.25, 0.3) is 0 Å². The summed E-state index contributed by atoms with van der Waals surface area (Å²) in [6, 6.07) is 8.19. The second kappa shape index (κ2) is 5.15. The summed E-state index contributed by atoms with van der Waals surface area (Å²) in [5.41, 5.74) is 3.79. The number of anilines is 1. The third-order valence-electron chi connectivity index (χ3n) is 4.22. The summed E-state index contributed by atoms with van der Waals surface area (Å²) < 4.78 is 0. The number of benzene rings is 1. The summed E-state index contributed by atoms with van der Waals surface area (Å²) in [6.45, 7) is 6.04. The Balaban J connectivity index is 2.02. The van der Waals surface area contributed by atoms with Crippen LogP contribution >= 0.6 is 22.9 Å². The molecule has 1 amide bonds. The fourth-order valence-electron chi connectivity index (χ4n) is 2.76. The van der Waals surface area contributed by atoms with Crippen LogP contribution in [0.2, 0.25) is 0 Å². The zero-order chi connectivity index (χ0) is 15.2. The van der Waals surface area contributed by atoms with Crippen LogP contribution in [0.3, 0.4) is 0 Å². The Kier molecular flexibility index (Phi) is 3.58. The van der Waals surface area contributed by atoms with E-state index < -0.39 is 5.41 Å². The molecule has 0 spiro atoms. The first kappa shape index (κ1) is 14.6. The van der Waals surface area contributed by atoms with Crippen LogP contribution in [0.25, 0.3) is 0 Å². The van der Waals surface area contributed by atoms with E-state index in [4.69, 9.17) is 11.6 Å². The van der Waals surface area contributed by atoms with E-state index in [1.54, 1.807) is 11.3 Å². The van der Waals surface area contributed by atoms with E-state index in [-0.39, 0.29) is 11.3 Å². The molecule has 1 aromatic carbocycles. The normalized spacial score (nSPS) is 17.4. The second-order valence-corrected chi connectivity index (χ2v) is 7.29. The third kappa shape index (κ3) is 2.29. The fourth-order valence-corrected chi connectivity index (χ4v) is 4.19. The lowest BCUT2D eigenvalue weighted by atomic mass is 9.85. The molecule has 2 nitrogen and oxygen atoms in total. The lowest BCUT2D eigenvalue weighted by Gasteiger charge is -2.17. The van der Waals surface area contributed by atoms with Gasteiger partial charge >= 0.3 is 0 Å². The largest absolute Gasteiger partial charge is 0.325 e. The standard InChI is InChI=1S/C17H18ClNOS/c1-4-10-7-8-21-15(10)14(18)11-5-6-13-12(9-11)17(2,3)16(20)19-13/h5-9,14H,4H2,1-3H3,(H,19,20). The number of alkyl halides is 1. The molecule has 0 aliphatic carbocycles. The van der Waals surface area contributed by atoms with Crippen LogP contribution in [0.5, 0.6) is 0 Å². The van der Waals surface area contributed by atoms with E-state index in [1.165, 1.54) is 10.4 Å². The van der Waals surface area contributed by atoms with Gasteiger partial charge in [-0.25, -0.2) is 0 Å². The third-order valence-corrected chi connectivity index (χ3v) is 5.84. The minimum atomic E-state index is -0.495. The van der Waals surface area contributed by atoms with Crippen molar-refractivity contribution >= 4 is 34.5 Å². The van der Waals surface area contributed by atoms with Gasteiger partial charge in [0.2, 0.25) is 5.91 Å². The van der Waals surface area contributed by atoms with Crippen LogP contribution in [-0.2, 0) is 16.6 Å². The molecule has 3 rings (SSSR count). The van der Waals surface area contributed by atoms with Gasteiger partial charge in [-0.2, -0.15) is 0 Å². The van der Waals surface area contributed by atoms with Gasteiger partial charge in [0.15, 0.2) is 0 Å². The van der Waals surface area contributed by atoms with Crippen molar-refractivity contribution in [1.82, 2.24) is 0 Å². The van der Waals surface area contributed by atoms with Crippen molar-refractivity contribution in [2.24, 2.45) is 0 Å². The summed E-state index contributed by atoms with van der Waals surface area (Å²) in [5.74, 6) is 0.0474. The van der Waals surface area contributed by atoms with E-state index in [0.717, 1.165) is 23.2 Å². The Hall–Kier alpha value is -1.32. The maximum absolute atomic E-state index is 12.0. The summed E-state index contributed by atoms with van der Waals surface area (Å²) in [6.07, 6.45) is 0.985. The SMILES string of the molecule is CCc1ccsc1C(Cl)c1ccc2c(c1)C(C)(C)C(=O)N2. The minimum absolute atomic E-state index is 0.0474. The van der Waals surface area contributed by atoms with Gasteiger partial charge in [-0.15, -0.1) is 22.9 Å². The van der Waals surface area contributed by atoms with Gasteiger partial charge in [0.1, 0.15) is 0 Å². The van der Waals surface area contributed by atoms with Crippen molar-refractivity contribution in [3.63, 3.8) is 0 Å². The first-order chi connectivity index (χ1) is 9.95. The molecule has 0 radical (unpaired) electrons. The summed E-state index contributed by atoms with van der Waals surface area (Å²) in [4.78, 5) is 13.2. The molecule has 21 heavy (non-hydrogen) atoms. The average molecular weight is 320 g/mol. The van der Waals surface area contributed by atoms with Gasteiger partial charge < -0.3 is 5.32 Å². The Morgan fingerprint density at radius 3 is 2.81 bits per heavy atom. The number of aryl methyl sites for hydroxylation is 1. The maximum atomic E-state index is 12.0. The number of halogens is 1. The van der Waals surface area contributed by atoms with Crippen LogP contribution in [0.1, 0.15) is 47.7 Å². The van der Waals surface area contributed by atoms with Crippen LogP contribution < -0.4 is 5.32 Å². The highest BCUT2D eigenvalue weighted by Crippen LogP contribution is 2.42. The molecule has 110 valence electrons. The highest BCUT2D eigenvalue weighted by Gasteiger charge is 2.38. The monoisotopic (exact) mass is 319 g/mol. The summed E-state index contributed by atoms with van der Waals surface area (Å²) in [7, 11) is 0. The Labute approximate surface area is 134 Å². The van der Waals surface area contributed by atoms with Gasteiger partial charge in [-0.05, 0) is 54.5 Å². The van der Waals surface area contributed by atoms with E-state index in [2.05, 4.69) is 29.8 Å². The number of rotatable bonds is 3. The minimum Gasteiger partial charge on any atom is -0.325 e. The van der Waals surface area contributed by atoms with Gasteiger partial charge in [0, 0.05) is 10.6 Å². The molecule has 1 atom stereocenters.